The van der Waals surface area contributed by atoms with Crippen LogP contribution in [0.1, 0.15) is 5.56 Å². The molecular formula is C14H16BrNO3. The Morgan fingerprint density at radius 1 is 1.42 bits per heavy atom. The van der Waals surface area contributed by atoms with Crippen molar-refractivity contribution in [1.29, 1.82) is 0 Å². The highest BCUT2D eigenvalue weighted by atomic mass is 79.9. The van der Waals surface area contributed by atoms with Gasteiger partial charge in [-0.1, -0.05) is 34.1 Å². The molecule has 2 unspecified atom stereocenters. The highest BCUT2D eigenvalue weighted by Crippen LogP contribution is 2.29. The van der Waals surface area contributed by atoms with Crippen LogP contribution in [0.4, 0.5) is 0 Å². The molecule has 1 saturated heterocycles. The van der Waals surface area contributed by atoms with Gasteiger partial charge in [-0.05, 0) is 11.6 Å². The van der Waals surface area contributed by atoms with Crippen LogP contribution >= 0.6 is 15.9 Å². The van der Waals surface area contributed by atoms with Gasteiger partial charge in [0.15, 0.2) is 6.10 Å². The van der Waals surface area contributed by atoms with E-state index in [1.807, 2.05) is 29.2 Å². The van der Waals surface area contributed by atoms with Crippen molar-refractivity contribution in [3.05, 3.63) is 29.8 Å². The van der Waals surface area contributed by atoms with E-state index in [1.54, 1.807) is 0 Å². The minimum absolute atomic E-state index is 0.0731. The zero-order valence-corrected chi connectivity index (χ0v) is 12.1. The number of hydrogen-bond acceptors (Lipinski definition) is 3. The monoisotopic (exact) mass is 325 g/mol. The average Bonchev–Trinajstić information content (AvgIpc) is 2.90. The minimum atomic E-state index is -0.378. The van der Waals surface area contributed by atoms with Crippen molar-refractivity contribution in [3.8, 4) is 5.75 Å². The molecular weight excluding hydrogens is 310 g/mol. The topological polar surface area (TPSA) is 38.8 Å². The van der Waals surface area contributed by atoms with Gasteiger partial charge >= 0.3 is 0 Å². The number of carbonyl (C=O) groups excluding carboxylic acids is 1. The molecule has 19 heavy (non-hydrogen) atoms. The standard InChI is InChI=1S/C14H16BrNO3/c15-8-11-9-18-6-5-16(11)14(17)13-7-10-3-1-2-4-12(10)19-13/h1-4,11,13H,5-9H2. The Morgan fingerprint density at radius 2 is 2.26 bits per heavy atom. The zero-order valence-electron chi connectivity index (χ0n) is 10.5. The van der Waals surface area contributed by atoms with E-state index >= 15 is 0 Å². The van der Waals surface area contributed by atoms with E-state index in [9.17, 15) is 4.79 Å². The molecule has 5 heteroatoms. The summed E-state index contributed by atoms with van der Waals surface area (Å²) in [5.74, 6) is 0.911. The second kappa shape index (κ2) is 5.51. The summed E-state index contributed by atoms with van der Waals surface area (Å²) in [4.78, 5) is 14.4. The second-order valence-electron chi connectivity index (χ2n) is 4.83. The number of morpholine rings is 1. The summed E-state index contributed by atoms with van der Waals surface area (Å²) < 4.78 is 11.2. The van der Waals surface area contributed by atoms with Crippen molar-refractivity contribution >= 4 is 21.8 Å². The van der Waals surface area contributed by atoms with Crippen molar-refractivity contribution in [2.45, 2.75) is 18.6 Å². The number of alkyl halides is 1. The average molecular weight is 326 g/mol. The van der Waals surface area contributed by atoms with Crippen LogP contribution in [0.15, 0.2) is 24.3 Å². The Bertz CT molecular complexity index is 455. The van der Waals surface area contributed by atoms with Crippen molar-refractivity contribution in [1.82, 2.24) is 4.90 Å². The first kappa shape index (κ1) is 12.9. The summed E-state index contributed by atoms with van der Waals surface area (Å²) in [5, 5.41) is 0.735. The highest BCUT2D eigenvalue weighted by molar-refractivity contribution is 9.09. The number of amides is 1. The van der Waals surface area contributed by atoms with Crippen LogP contribution in [0.2, 0.25) is 0 Å². The van der Waals surface area contributed by atoms with Crippen LogP contribution in [0.3, 0.4) is 0 Å². The van der Waals surface area contributed by atoms with Crippen LogP contribution in [0, 0.1) is 0 Å². The summed E-state index contributed by atoms with van der Waals surface area (Å²) in [6, 6.07) is 7.95. The zero-order chi connectivity index (χ0) is 13.2. The van der Waals surface area contributed by atoms with E-state index in [2.05, 4.69) is 15.9 Å². The molecule has 0 aromatic heterocycles. The number of carbonyl (C=O) groups is 1. The molecule has 4 nitrogen and oxygen atoms in total. The first-order valence-corrected chi connectivity index (χ1v) is 7.60. The van der Waals surface area contributed by atoms with Crippen LogP contribution in [0.5, 0.6) is 5.75 Å². The first-order chi connectivity index (χ1) is 9.29. The minimum Gasteiger partial charge on any atom is -0.480 e. The Labute approximate surface area is 120 Å². The third-order valence-electron chi connectivity index (χ3n) is 3.61. The van der Waals surface area contributed by atoms with E-state index in [0.717, 1.165) is 16.6 Å². The van der Waals surface area contributed by atoms with Crippen molar-refractivity contribution in [3.63, 3.8) is 0 Å². The lowest BCUT2D eigenvalue weighted by Gasteiger charge is -2.35. The molecule has 0 spiro atoms. The molecule has 0 saturated carbocycles. The van der Waals surface area contributed by atoms with E-state index < -0.39 is 0 Å². The number of benzene rings is 1. The number of fused-ring (bicyclic) bond motifs is 1. The molecule has 102 valence electrons. The van der Waals surface area contributed by atoms with Gasteiger partial charge in [0.2, 0.25) is 0 Å². The predicted molar refractivity (Wildman–Crippen MR) is 74.7 cm³/mol. The van der Waals surface area contributed by atoms with Crippen LogP contribution in [-0.2, 0) is 16.0 Å². The number of nitrogens with zero attached hydrogens (tertiary/aromatic N) is 1. The molecule has 1 aromatic carbocycles. The maximum absolute atomic E-state index is 12.6. The predicted octanol–water partition coefficient (Wildman–Crippen LogP) is 1.61. The molecule has 0 radical (unpaired) electrons. The molecule has 1 fully saturated rings. The summed E-state index contributed by atoms with van der Waals surface area (Å²) in [6.45, 7) is 1.84. The van der Waals surface area contributed by atoms with Gasteiger partial charge in [0.05, 0.1) is 19.3 Å². The number of para-hydroxylation sites is 1. The summed E-state index contributed by atoms with van der Waals surface area (Å²) in [6.07, 6.45) is 0.290. The first-order valence-electron chi connectivity index (χ1n) is 6.48. The Morgan fingerprint density at radius 3 is 3.05 bits per heavy atom. The van der Waals surface area contributed by atoms with Crippen molar-refractivity contribution in [2.24, 2.45) is 0 Å². The summed E-state index contributed by atoms with van der Waals surface area (Å²) >= 11 is 3.44. The third-order valence-corrected chi connectivity index (χ3v) is 4.36. The smallest absolute Gasteiger partial charge is 0.264 e. The van der Waals surface area contributed by atoms with E-state index in [1.165, 1.54) is 0 Å². The van der Waals surface area contributed by atoms with Gasteiger partial charge in [0.1, 0.15) is 5.75 Å². The molecule has 2 aliphatic rings. The van der Waals surface area contributed by atoms with Gasteiger partial charge in [-0.2, -0.15) is 0 Å². The number of rotatable bonds is 2. The largest absolute Gasteiger partial charge is 0.480 e. The molecule has 0 aliphatic carbocycles. The lowest BCUT2D eigenvalue weighted by molar-refractivity contribution is -0.145. The van der Waals surface area contributed by atoms with Gasteiger partial charge in [-0.25, -0.2) is 0 Å². The Hall–Kier alpha value is -1.07. The Balaban J connectivity index is 1.72. The van der Waals surface area contributed by atoms with Crippen LogP contribution in [-0.4, -0.2) is 48.0 Å². The van der Waals surface area contributed by atoms with E-state index in [4.69, 9.17) is 9.47 Å². The van der Waals surface area contributed by atoms with Gasteiger partial charge in [-0.15, -0.1) is 0 Å². The molecule has 2 aliphatic heterocycles. The van der Waals surface area contributed by atoms with E-state index in [-0.39, 0.29) is 18.1 Å². The van der Waals surface area contributed by atoms with Crippen molar-refractivity contribution < 1.29 is 14.3 Å². The fourth-order valence-electron chi connectivity index (χ4n) is 2.58. The van der Waals surface area contributed by atoms with Crippen LogP contribution < -0.4 is 4.74 Å². The Kier molecular flexibility index (Phi) is 3.75. The molecule has 1 aromatic rings. The molecule has 3 rings (SSSR count). The number of ether oxygens (including phenoxy) is 2. The summed E-state index contributed by atoms with van der Waals surface area (Å²) in [7, 11) is 0. The molecule has 0 bridgehead atoms. The normalized spacial score (nSPS) is 25.8. The fourth-order valence-corrected chi connectivity index (χ4v) is 3.11. The highest BCUT2D eigenvalue weighted by Gasteiger charge is 2.36. The maximum atomic E-state index is 12.6. The van der Waals surface area contributed by atoms with Gasteiger partial charge in [0.25, 0.3) is 5.91 Å². The van der Waals surface area contributed by atoms with Gasteiger partial charge in [0, 0.05) is 18.3 Å². The lowest BCUT2D eigenvalue weighted by Crippen LogP contribution is -2.53. The molecule has 1 amide bonds. The quantitative estimate of drug-likeness (QED) is 0.775. The number of halogens is 1. The maximum Gasteiger partial charge on any atom is 0.264 e. The molecule has 2 heterocycles. The fraction of sp³-hybridized carbons (Fsp3) is 0.500. The van der Waals surface area contributed by atoms with E-state index in [0.29, 0.717) is 26.2 Å². The SMILES string of the molecule is O=C(C1Cc2ccccc2O1)N1CCOCC1CBr. The summed E-state index contributed by atoms with van der Waals surface area (Å²) in [5.41, 5.74) is 1.12. The van der Waals surface area contributed by atoms with Crippen molar-refractivity contribution in [2.75, 3.05) is 25.1 Å². The van der Waals surface area contributed by atoms with Crippen LogP contribution in [0.25, 0.3) is 0 Å². The molecule has 2 atom stereocenters. The van der Waals surface area contributed by atoms with Gasteiger partial charge in [-0.3, -0.25) is 4.79 Å². The lowest BCUT2D eigenvalue weighted by atomic mass is 10.1. The van der Waals surface area contributed by atoms with Gasteiger partial charge < -0.3 is 14.4 Å². The second-order valence-corrected chi connectivity index (χ2v) is 5.48. The third kappa shape index (κ3) is 2.49. The number of hydrogen-bond donors (Lipinski definition) is 0. The molecule has 0 N–H and O–H groups in total.